The second kappa shape index (κ2) is 4.53. The lowest BCUT2D eigenvalue weighted by Gasteiger charge is -2.02. The van der Waals surface area contributed by atoms with Crippen LogP contribution in [0, 0.1) is 12.7 Å². The van der Waals surface area contributed by atoms with Crippen molar-refractivity contribution in [2.75, 3.05) is 0 Å². The summed E-state index contributed by atoms with van der Waals surface area (Å²) in [6.07, 6.45) is 0.398. The van der Waals surface area contributed by atoms with Crippen LogP contribution in [0.4, 0.5) is 4.39 Å². The molecule has 88 valence electrons. The highest BCUT2D eigenvalue weighted by Crippen LogP contribution is 2.26. The maximum atomic E-state index is 13.2. The van der Waals surface area contributed by atoms with Gasteiger partial charge in [-0.2, -0.15) is 0 Å². The van der Waals surface area contributed by atoms with Crippen LogP contribution >= 0.6 is 0 Å². The number of carbonyl (C=O) groups excluding carboxylic acids is 1. The number of aryl methyl sites for hydroxylation is 1. The summed E-state index contributed by atoms with van der Waals surface area (Å²) in [7, 11) is 0. The third-order valence-corrected chi connectivity index (χ3v) is 2.67. The van der Waals surface area contributed by atoms with Gasteiger partial charge >= 0.3 is 0 Å². The Bertz CT molecular complexity index is 555. The molecule has 0 aliphatic heterocycles. The van der Waals surface area contributed by atoms with Gasteiger partial charge in [0, 0.05) is 12.0 Å². The summed E-state index contributed by atoms with van der Waals surface area (Å²) >= 11 is 0. The van der Waals surface area contributed by atoms with Crippen LogP contribution < -0.4 is 0 Å². The molecule has 0 aliphatic rings. The van der Waals surface area contributed by atoms with Crippen molar-refractivity contribution in [1.82, 2.24) is 0 Å². The quantitative estimate of drug-likeness (QED) is 0.749. The molecule has 0 spiro atoms. The molecule has 17 heavy (non-hydrogen) atoms. The van der Waals surface area contributed by atoms with E-state index in [1.807, 2.05) is 6.92 Å². The lowest BCUT2D eigenvalue weighted by atomic mass is 10.1. The van der Waals surface area contributed by atoms with Crippen molar-refractivity contribution >= 4 is 5.78 Å². The van der Waals surface area contributed by atoms with Crippen molar-refractivity contribution in [3.05, 3.63) is 47.5 Å². The summed E-state index contributed by atoms with van der Waals surface area (Å²) < 4.78 is 18.6. The number of halogens is 1. The number of ketones is 1. The van der Waals surface area contributed by atoms with Gasteiger partial charge in [-0.25, -0.2) is 4.39 Å². The molecule has 0 amide bonds. The Morgan fingerprint density at radius 3 is 2.76 bits per heavy atom. The van der Waals surface area contributed by atoms with Crippen molar-refractivity contribution in [2.45, 2.75) is 20.3 Å². The molecular formula is C14H13FO2. The number of carbonyl (C=O) groups is 1. The number of Topliss-reactive ketones (excluding diaryl/α,β-unsaturated/α-hetero) is 1. The number of benzene rings is 1. The maximum absolute atomic E-state index is 13.2. The Morgan fingerprint density at radius 2 is 2.06 bits per heavy atom. The Kier molecular flexibility index (Phi) is 3.09. The molecule has 0 bridgehead atoms. The lowest BCUT2D eigenvalue weighted by molar-refractivity contribution is 0.0962. The van der Waals surface area contributed by atoms with Gasteiger partial charge in [0.2, 0.25) is 0 Å². The second-order valence-corrected chi connectivity index (χ2v) is 3.90. The van der Waals surface area contributed by atoms with E-state index in [2.05, 4.69) is 0 Å². The van der Waals surface area contributed by atoms with E-state index < -0.39 is 0 Å². The molecule has 1 heterocycles. The fraction of sp³-hybridized carbons (Fsp3) is 0.214. The Balaban J connectivity index is 2.43. The average Bonchev–Trinajstić information content (AvgIpc) is 2.80. The molecule has 0 unspecified atom stereocenters. The van der Waals surface area contributed by atoms with Crippen LogP contribution in [0.25, 0.3) is 11.3 Å². The summed E-state index contributed by atoms with van der Waals surface area (Å²) in [5.41, 5.74) is 1.59. The van der Waals surface area contributed by atoms with E-state index in [9.17, 15) is 9.18 Å². The van der Waals surface area contributed by atoms with E-state index in [0.29, 0.717) is 23.5 Å². The zero-order valence-corrected chi connectivity index (χ0v) is 9.79. The summed E-state index contributed by atoms with van der Waals surface area (Å²) in [5.74, 6) is 0.487. The maximum Gasteiger partial charge on any atom is 0.197 e. The van der Waals surface area contributed by atoms with E-state index in [1.54, 1.807) is 25.1 Å². The van der Waals surface area contributed by atoms with Gasteiger partial charge in [-0.3, -0.25) is 4.79 Å². The Hall–Kier alpha value is -1.90. The first-order valence-corrected chi connectivity index (χ1v) is 5.51. The number of hydrogen-bond donors (Lipinski definition) is 0. The summed E-state index contributed by atoms with van der Waals surface area (Å²) in [6, 6.07) is 7.83. The summed E-state index contributed by atoms with van der Waals surface area (Å²) in [5, 5.41) is 0. The molecule has 2 aromatic rings. The molecule has 0 atom stereocenters. The third kappa shape index (κ3) is 2.28. The molecule has 1 aromatic heterocycles. The van der Waals surface area contributed by atoms with Crippen molar-refractivity contribution in [2.24, 2.45) is 0 Å². The van der Waals surface area contributed by atoms with Crippen molar-refractivity contribution in [1.29, 1.82) is 0 Å². The smallest absolute Gasteiger partial charge is 0.197 e. The van der Waals surface area contributed by atoms with E-state index in [-0.39, 0.29) is 11.6 Å². The Morgan fingerprint density at radius 1 is 1.29 bits per heavy atom. The molecule has 0 aliphatic carbocycles. The normalized spacial score (nSPS) is 10.5. The van der Waals surface area contributed by atoms with Gasteiger partial charge in [0.1, 0.15) is 11.6 Å². The molecule has 1 aromatic carbocycles. The zero-order valence-electron chi connectivity index (χ0n) is 9.79. The number of rotatable bonds is 3. The van der Waals surface area contributed by atoms with Crippen LogP contribution in [0.1, 0.15) is 29.5 Å². The first-order valence-electron chi connectivity index (χ1n) is 5.51. The zero-order chi connectivity index (χ0) is 12.4. The van der Waals surface area contributed by atoms with Gasteiger partial charge in [-0.1, -0.05) is 13.0 Å². The molecule has 0 N–H and O–H groups in total. The molecule has 0 fully saturated rings. The highest BCUT2D eigenvalue weighted by atomic mass is 19.1. The van der Waals surface area contributed by atoms with Crippen molar-refractivity contribution in [3.8, 4) is 11.3 Å². The van der Waals surface area contributed by atoms with E-state index in [4.69, 9.17) is 4.42 Å². The van der Waals surface area contributed by atoms with Crippen molar-refractivity contribution in [3.63, 3.8) is 0 Å². The predicted molar refractivity (Wildman–Crippen MR) is 63.5 cm³/mol. The average molecular weight is 232 g/mol. The van der Waals surface area contributed by atoms with Gasteiger partial charge in [0.05, 0.1) is 0 Å². The van der Waals surface area contributed by atoms with Crippen LogP contribution in [-0.4, -0.2) is 5.78 Å². The molecule has 0 radical (unpaired) electrons. The predicted octanol–water partition coefficient (Wildman–Crippen LogP) is 3.99. The highest BCUT2D eigenvalue weighted by Gasteiger charge is 2.12. The highest BCUT2D eigenvalue weighted by molar-refractivity contribution is 5.93. The largest absolute Gasteiger partial charge is 0.453 e. The Labute approximate surface area is 99.1 Å². The summed E-state index contributed by atoms with van der Waals surface area (Å²) in [6.45, 7) is 3.65. The second-order valence-electron chi connectivity index (χ2n) is 3.90. The molecule has 3 heteroatoms. The minimum Gasteiger partial charge on any atom is -0.453 e. The van der Waals surface area contributed by atoms with Gasteiger partial charge in [0.15, 0.2) is 11.5 Å². The SMILES string of the molecule is CCC(=O)c1ccc(-c2cc(F)ccc2C)o1. The van der Waals surface area contributed by atoms with Crippen LogP contribution in [0.15, 0.2) is 34.7 Å². The van der Waals surface area contributed by atoms with Crippen molar-refractivity contribution < 1.29 is 13.6 Å². The monoisotopic (exact) mass is 232 g/mol. The van der Waals surface area contributed by atoms with Gasteiger partial charge in [-0.05, 0) is 36.8 Å². The number of hydrogen-bond acceptors (Lipinski definition) is 2. The van der Waals surface area contributed by atoms with E-state index in [1.165, 1.54) is 12.1 Å². The van der Waals surface area contributed by atoms with Crippen LogP contribution in [0.2, 0.25) is 0 Å². The van der Waals surface area contributed by atoms with E-state index >= 15 is 0 Å². The van der Waals surface area contributed by atoms with E-state index in [0.717, 1.165) is 5.56 Å². The van der Waals surface area contributed by atoms with Crippen LogP contribution in [0.5, 0.6) is 0 Å². The minimum absolute atomic E-state index is 0.0506. The molecule has 2 nitrogen and oxygen atoms in total. The molecule has 0 saturated carbocycles. The topological polar surface area (TPSA) is 30.2 Å². The molecule has 2 rings (SSSR count). The van der Waals surface area contributed by atoms with Crippen LogP contribution in [0.3, 0.4) is 0 Å². The fourth-order valence-electron chi connectivity index (χ4n) is 1.67. The van der Waals surface area contributed by atoms with Gasteiger partial charge in [0.25, 0.3) is 0 Å². The standard InChI is InChI=1S/C14H13FO2/c1-3-12(16)14-7-6-13(17-14)11-8-10(15)5-4-9(11)2/h4-8H,3H2,1-2H3. The fourth-order valence-corrected chi connectivity index (χ4v) is 1.67. The van der Waals surface area contributed by atoms with Gasteiger partial charge < -0.3 is 4.42 Å². The van der Waals surface area contributed by atoms with Crippen LogP contribution in [-0.2, 0) is 0 Å². The number of furan rings is 1. The summed E-state index contributed by atoms with van der Waals surface area (Å²) in [4.78, 5) is 11.4. The van der Waals surface area contributed by atoms with Gasteiger partial charge in [-0.15, -0.1) is 0 Å². The molecule has 0 saturated heterocycles. The third-order valence-electron chi connectivity index (χ3n) is 2.67. The first-order chi connectivity index (χ1) is 8.11. The minimum atomic E-state index is -0.314. The molecular weight excluding hydrogens is 219 g/mol. The lowest BCUT2D eigenvalue weighted by Crippen LogP contribution is -1.92. The first kappa shape index (κ1) is 11.6.